The van der Waals surface area contributed by atoms with Gasteiger partial charge >= 0.3 is 6.09 Å². The minimum Gasteiger partial charge on any atom is -0.496 e. The predicted molar refractivity (Wildman–Crippen MR) is 133 cm³/mol. The standard InChI is InChI=1S/C25H23ClN4O5/c1-27-25(32)35-14-24(31)28-17-6-4-15(5-7-17)16-8-9-30-13-20(29-23(30)10-16)18-11-19(26)22(34-3)12-21(18)33-2/h4-13H,14H2,1-3H3,(H,27,32)(H,28,31). The molecule has 0 unspecified atom stereocenters. The Morgan fingerprint density at radius 1 is 1.00 bits per heavy atom. The lowest BCUT2D eigenvalue weighted by Crippen LogP contribution is -2.25. The molecule has 2 aromatic heterocycles. The molecular formula is C25H23ClN4O5. The molecule has 180 valence electrons. The second kappa shape index (κ2) is 10.4. The van der Waals surface area contributed by atoms with Crippen LogP contribution < -0.4 is 20.1 Å². The third-order valence-corrected chi connectivity index (χ3v) is 5.55. The molecule has 0 aliphatic carbocycles. The summed E-state index contributed by atoms with van der Waals surface area (Å²) in [6.07, 6.45) is 3.16. The Bertz CT molecular complexity index is 1380. The fourth-order valence-corrected chi connectivity index (χ4v) is 3.74. The molecule has 0 bridgehead atoms. The summed E-state index contributed by atoms with van der Waals surface area (Å²) in [6, 6.07) is 14.8. The number of aromatic nitrogens is 2. The SMILES string of the molecule is CNC(=O)OCC(=O)Nc1ccc(-c2ccn3cc(-c4cc(Cl)c(OC)cc4OC)nc3c2)cc1. The van der Waals surface area contributed by atoms with Crippen molar-refractivity contribution in [2.75, 3.05) is 33.2 Å². The monoisotopic (exact) mass is 494 g/mol. The van der Waals surface area contributed by atoms with Gasteiger partial charge in [0, 0.05) is 36.8 Å². The number of nitrogens with one attached hydrogen (secondary N) is 2. The van der Waals surface area contributed by atoms with Crippen molar-refractivity contribution in [2.24, 2.45) is 0 Å². The Morgan fingerprint density at radius 3 is 2.43 bits per heavy atom. The van der Waals surface area contributed by atoms with Crippen molar-refractivity contribution in [3.8, 4) is 33.9 Å². The Labute approximate surface area is 206 Å². The maximum atomic E-state index is 11.9. The number of alkyl carbamates (subject to hydrolysis) is 1. The summed E-state index contributed by atoms with van der Waals surface area (Å²) in [5.41, 5.74) is 4.70. The molecular weight excluding hydrogens is 472 g/mol. The molecule has 0 atom stereocenters. The molecule has 0 aliphatic rings. The molecule has 2 aromatic carbocycles. The lowest BCUT2D eigenvalue weighted by molar-refractivity contribution is -0.118. The second-order valence-corrected chi connectivity index (χ2v) is 7.85. The predicted octanol–water partition coefficient (Wildman–Crippen LogP) is 4.63. The van der Waals surface area contributed by atoms with E-state index in [1.165, 1.54) is 7.05 Å². The zero-order chi connectivity index (χ0) is 24.9. The van der Waals surface area contributed by atoms with E-state index in [0.29, 0.717) is 27.9 Å². The van der Waals surface area contributed by atoms with Gasteiger partial charge in [-0.15, -0.1) is 0 Å². The maximum Gasteiger partial charge on any atom is 0.407 e. The van der Waals surface area contributed by atoms with Crippen molar-refractivity contribution in [1.82, 2.24) is 14.7 Å². The molecule has 35 heavy (non-hydrogen) atoms. The van der Waals surface area contributed by atoms with E-state index < -0.39 is 12.0 Å². The van der Waals surface area contributed by atoms with Crippen LogP contribution in [0, 0.1) is 0 Å². The Kier molecular flexibility index (Phi) is 7.07. The number of benzene rings is 2. The number of ether oxygens (including phenoxy) is 3. The second-order valence-electron chi connectivity index (χ2n) is 7.45. The molecule has 0 fully saturated rings. The van der Waals surface area contributed by atoms with Gasteiger partial charge in [0.05, 0.1) is 24.9 Å². The minimum absolute atomic E-state index is 0.371. The van der Waals surface area contributed by atoms with Crippen LogP contribution in [0.15, 0.2) is 60.9 Å². The number of hydrogen-bond donors (Lipinski definition) is 2. The molecule has 0 radical (unpaired) electrons. The van der Waals surface area contributed by atoms with Crippen molar-refractivity contribution >= 4 is 34.9 Å². The number of pyridine rings is 1. The summed E-state index contributed by atoms with van der Waals surface area (Å²) >= 11 is 6.33. The van der Waals surface area contributed by atoms with Crippen molar-refractivity contribution < 1.29 is 23.8 Å². The fourth-order valence-electron chi connectivity index (χ4n) is 3.50. The van der Waals surface area contributed by atoms with Gasteiger partial charge in [-0.2, -0.15) is 0 Å². The van der Waals surface area contributed by atoms with E-state index in [0.717, 1.165) is 22.3 Å². The highest BCUT2D eigenvalue weighted by Crippen LogP contribution is 2.38. The average Bonchev–Trinajstić information content (AvgIpc) is 3.31. The van der Waals surface area contributed by atoms with Crippen molar-refractivity contribution in [1.29, 1.82) is 0 Å². The lowest BCUT2D eigenvalue weighted by Gasteiger charge is -2.10. The van der Waals surface area contributed by atoms with Crippen LogP contribution in [-0.2, 0) is 9.53 Å². The molecule has 0 aliphatic heterocycles. The van der Waals surface area contributed by atoms with Gasteiger partial charge < -0.3 is 29.2 Å². The molecule has 9 nitrogen and oxygen atoms in total. The third-order valence-electron chi connectivity index (χ3n) is 5.25. The van der Waals surface area contributed by atoms with Crippen LogP contribution in [0.3, 0.4) is 0 Å². The number of amides is 2. The van der Waals surface area contributed by atoms with E-state index in [1.54, 1.807) is 38.5 Å². The zero-order valence-corrected chi connectivity index (χ0v) is 20.1. The number of halogens is 1. The van der Waals surface area contributed by atoms with E-state index in [1.807, 2.05) is 41.1 Å². The first-order valence-electron chi connectivity index (χ1n) is 10.6. The number of hydrogen-bond acceptors (Lipinski definition) is 6. The van der Waals surface area contributed by atoms with Crippen molar-refractivity contribution in [2.45, 2.75) is 0 Å². The van der Waals surface area contributed by atoms with E-state index in [2.05, 4.69) is 10.6 Å². The Balaban J connectivity index is 1.55. The summed E-state index contributed by atoms with van der Waals surface area (Å²) in [5.74, 6) is 0.701. The van der Waals surface area contributed by atoms with Gasteiger partial charge in [0.1, 0.15) is 17.1 Å². The smallest absolute Gasteiger partial charge is 0.407 e. The summed E-state index contributed by atoms with van der Waals surface area (Å²) in [7, 11) is 4.56. The fraction of sp³-hybridized carbons (Fsp3) is 0.160. The van der Waals surface area contributed by atoms with Gasteiger partial charge in [-0.3, -0.25) is 4.79 Å². The van der Waals surface area contributed by atoms with Gasteiger partial charge in [-0.25, -0.2) is 9.78 Å². The maximum absolute atomic E-state index is 11.9. The highest BCUT2D eigenvalue weighted by Gasteiger charge is 2.15. The molecule has 4 rings (SSSR count). The van der Waals surface area contributed by atoms with Gasteiger partial charge in [0.25, 0.3) is 5.91 Å². The number of rotatable bonds is 7. The average molecular weight is 495 g/mol. The quantitative estimate of drug-likeness (QED) is 0.388. The van der Waals surface area contributed by atoms with Crippen molar-refractivity contribution in [3.63, 3.8) is 0 Å². The van der Waals surface area contributed by atoms with Crippen LogP contribution in [0.1, 0.15) is 0 Å². The molecule has 2 heterocycles. The minimum atomic E-state index is -0.665. The van der Waals surface area contributed by atoms with Crippen LogP contribution >= 0.6 is 11.6 Å². The van der Waals surface area contributed by atoms with Gasteiger partial charge in [-0.1, -0.05) is 23.7 Å². The Morgan fingerprint density at radius 2 is 1.74 bits per heavy atom. The number of carbonyl (C=O) groups is 2. The number of anilines is 1. The lowest BCUT2D eigenvalue weighted by atomic mass is 10.1. The van der Waals surface area contributed by atoms with Crippen LogP contribution in [-0.4, -0.2) is 49.3 Å². The molecule has 2 amide bonds. The van der Waals surface area contributed by atoms with E-state index in [9.17, 15) is 9.59 Å². The highest BCUT2D eigenvalue weighted by atomic mass is 35.5. The van der Waals surface area contributed by atoms with E-state index >= 15 is 0 Å². The first kappa shape index (κ1) is 23.9. The first-order chi connectivity index (χ1) is 16.9. The number of imidazole rings is 1. The topological polar surface area (TPSA) is 103 Å². The van der Waals surface area contributed by atoms with Crippen LogP contribution in [0.2, 0.25) is 5.02 Å². The van der Waals surface area contributed by atoms with Crippen molar-refractivity contribution in [3.05, 3.63) is 65.9 Å². The normalized spacial score (nSPS) is 10.6. The number of fused-ring (bicyclic) bond motifs is 1. The summed E-state index contributed by atoms with van der Waals surface area (Å²) in [6.45, 7) is -0.371. The van der Waals surface area contributed by atoms with Crippen LogP contribution in [0.5, 0.6) is 11.5 Å². The summed E-state index contributed by atoms with van der Waals surface area (Å²) in [4.78, 5) is 27.7. The first-order valence-corrected chi connectivity index (χ1v) is 10.9. The van der Waals surface area contributed by atoms with Gasteiger partial charge in [-0.05, 0) is 41.5 Å². The molecule has 0 spiro atoms. The molecule has 4 aromatic rings. The van der Waals surface area contributed by atoms with Gasteiger partial charge in [0.15, 0.2) is 6.61 Å². The molecule has 0 saturated heterocycles. The van der Waals surface area contributed by atoms with Gasteiger partial charge in [0.2, 0.25) is 0 Å². The highest BCUT2D eigenvalue weighted by molar-refractivity contribution is 6.32. The van der Waals surface area contributed by atoms with E-state index in [4.69, 9.17) is 30.8 Å². The summed E-state index contributed by atoms with van der Waals surface area (Å²) in [5, 5.41) is 5.43. The number of carbonyl (C=O) groups excluding carboxylic acids is 2. The molecule has 0 saturated carbocycles. The van der Waals surface area contributed by atoms with Crippen LogP contribution in [0.25, 0.3) is 28.0 Å². The summed E-state index contributed by atoms with van der Waals surface area (Å²) < 4.78 is 17.4. The third kappa shape index (κ3) is 5.30. The van der Waals surface area contributed by atoms with E-state index in [-0.39, 0.29) is 6.61 Å². The Hall–Kier alpha value is -4.24. The number of methoxy groups -OCH3 is 2. The zero-order valence-electron chi connectivity index (χ0n) is 19.3. The van der Waals surface area contributed by atoms with Crippen LogP contribution in [0.4, 0.5) is 10.5 Å². The number of nitrogens with zero attached hydrogens (tertiary/aromatic N) is 2. The largest absolute Gasteiger partial charge is 0.496 e. The molecule has 10 heteroatoms. The molecule has 2 N–H and O–H groups in total.